The number of carbonyl (C=O) groups excluding carboxylic acids is 2. The second-order valence-electron chi connectivity index (χ2n) is 7.16. The third-order valence-electron chi connectivity index (χ3n) is 4.82. The summed E-state index contributed by atoms with van der Waals surface area (Å²) in [7, 11) is 0. The summed E-state index contributed by atoms with van der Waals surface area (Å²) in [4.78, 5) is 32.7. The van der Waals surface area contributed by atoms with Crippen LogP contribution < -0.4 is 10.6 Å². The van der Waals surface area contributed by atoms with E-state index >= 15 is 0 Å². The van der Waals surface area contributed by atoms with Crippen molar-refractivity contribution in [3.8, 4) is 5.69 Å². The number of rotatable bonds is 7. The maximum atomic E-state index is 14.5. The van der Waals surface area contributed by atoms with Crippen LogP contribution >= 0.6 is 11.3 Å². The maximum Gasteiger partial charge on any atom is 0.260 e. The smallest absolute Gasteiger partial charge is 0.260 e. The van der Waals surface area contributed by atoms with Crippen molar-refractivity contribution in [1.82, 2.24) is 19.9 Å². The van der Waals surface area contributed by atoms with Gasteiger partial charge in [-0.05, 0) is 36.8 Å². The van der Waals surface area contributed by atoms with E-state index in [4.69, 9.17) is 0 Å². The first kappa shape index (κ1) is 22.3. The zero-order valence-electron chi connectivity index (χ0n) is 17.5. The number of halogens is 2. The molecule has 0 fully saturated rings. The highest BCUT2D eigenvalue weighted by molar-refractivity contribution is 7.14. The number of thiazole rings is 1. The van der Waals surface area contributed by atoms with Crippen molar-refractivity contribution in [2.75, 3.05) is 5.32 Å². The SMILES string of the molecule is Cc1nccn1-c1ccc(CNC(=O)Cc2csc(NC(=O)c3ccccc3F)n2)cc1F. The summed E-state index contributed by atoms with van der Waals surface area (Å²) in [5, 5.41) is 7.15. The fourth-order valence-electron chi connectivity index (χ4n) is 3.17. The molecule has 0 bridgehead atoms. The number of benzene rings is 2. The molecule has 2 aromatic carbocycles. The van der Waals surface area contributed by atoms with Gasteiger partial charge in [-0.15, -0.1) is 11.3 Å². The Kier molecular flexibility index (Phi) is 6.55. The van der Waals surface area contributed by atoms with Crippen LogP contribution in [-0.2, 0) is 17.8 Å². The lowest BCUT2D eigenvalue weighted by atomic mass is 10.2. The Morgan fingerprint density at radius 2 is 1.94 bits per heavy atom. The van der Waals surface area contributed by atoms with Crippen LogP contribution in [0.4, 0.5) is 13.9 Å². The van der Waals surface area contributed by atoms with Crippen molar-refractivity contribution in [3.63, 3.8) is 0 Å². The summed E-state index contributed by atoms with van der Waals surface area (Å²) in [6.45, 7) is 1.93. The van der Waals surface area contributed by atoms with Gasteiger partial charge in [-0.25, -0.2) is 18.7 Å². The van der Waals surface area contributed by atoms with Crippen molar-refractivity contribution < 1.29 is 18.4 Å². The quantitative estimate of drug-likeness (QED) is 0.430. The van der Waals surface area contributed by atoms with Gasteiger partial charge in [0.1, 0.15) is 17.5 Å². The number of nitrogens with one attached hydrogen (secondary N) is 2. The van der Waals surface area contributed by atoms with Crippen LogP contribution in [0, 0.1) is 18.6 Å². The summed E-state index contributed by atoms with van der Waals surface area (Å²) in [6.07, 6.45) is 3.26. The highest BCUT2D eigenvalue weighted by Crippen LogP contribution is 2.19. The Labute approximate surface area is 192 Å². The molecular formula is C23H19F2N5O2S. The number of carbonyl (C=O) groups is 2. The average Bonchev–Trinajstić information content (AvgIpc) is 3.41. The second-order valence-corrected chi connectivity index (χ2v) is 8.02. The number of amides is 2. The molecule has 4 aromatic rings. The van der Waals surface area contributed by atoms with Crippen molar-refractivity contribution >= 4 is 28.3 Å². The minimum Gasteiger partial charge on any atom is -0.352 e. The van der Waals surface area contributed by atoms with E-state index in [2.05, 4.69) is 20.6 Å². The maximum absolute atomic E-state index is 14.5. The van der Waals surface area contributed by atoms with Gasteiger partial charge in [0.25, 0.3) is 5.91 Å². The molecule has 0 radical (unpaired) electrons. The van der Waals surface area contributed by atoms with E-state index in [1.54, 1.807) is 47.5 Å². The molecule has 33 heavy (non-hydrogen) atoms. The van der Waals surface area contributed by atoms with Crippen LogP contribution in [0.25, 0.3) is 5.69 Å². The van der Waals surface area contributed by atoms with Crippen LogP contribution in [0.1, 0.15) is 27.4 Å². The first-order valence-corrected chi connectivity index (χ1v) is 10.8. The van der Waals surface area contributed by atoms with Gasteiger partial charge in [0.05, 0.1) is 23.4 Å². The molecule has 2 amide bonds. The Balaban J connectivity index is 1.31. The highest BCUT2D eigenvalue weighted by atomic mass is 32.1. The van der Waals surface area contributed by atoms with E-state index in [-0.39, 0.29) is 29.6 Å². The van der Waals surface area contributed by atoms with Gasteiger partial charge in [-0.1, -0.05) is 18.2 Å². The summed E-state index contributed by atoms with van der Waals surface area (Å²) in [6, 6.07) is 10.4. The number of aromatic nitrogens is 3. The fraction of sp³-hybridized carbons (Fsp3) is 0.130. The molecule has 0 saturated heterocycles. The van der Waals surface area contributed by atoms with Crippen LogP contribution in [-0.4, -0.2) is 26.3 Å². The van der Waals surface area contributed by atoms with E-state index in [0.29, 0.717) is 22.8 Å². The molecule has 10 heteroatoms. The zero-order chi connectivity index (χ0) is 23.4. The van der Waals surface area contributed by atoms with Gasteiger partial charge in [-0.3, -0.25) is 14.9 Å². The molecule has 0 saturated carbocycles. The Morgan fingerprint density at radius 3 is 2.67 bits per heavy atom. The van der Waals surface area contributed by atoms with E-state index in [1.165, 1.54) is 24.3 Å². The monoisotopic (exact) mass is 467 g/mol. The number of aryl methyl sites for hydroxylation is 1. The number of imidazole rings is 1. The van der Waals surface area contributed by atoms with E-state index in [1.807, 2.05) is 0 Å². The molecule has 2 aromatic heterocycles. The number of nitrogens with zero attached hydrogens (tertiary/aromatic N) is 3. The summed E-state index contributed by atoms with van der Waals surface area (Å²) >= 11 is 1.14. The van der Waals surface area contributed by atoms with Gasteiger partial charge in [0.2, 0.25) is 5.91 Å². The van der Waals surface area contributed by atoms with Crippen LogP contribution in [0.3, 0.4) is 0 Å². The van der Waals surface area contributed by atoms with Gasteiger partial charge >= 0.3 is 0 Å². The van der Waals surface area contributed by atoms with Gasteiger partial charge in [0, 0.05) is 24.3 Å². The molecule has 168 valence electrons. The fourth-order valence-corrected chi connectivity index (χ4v) is 3.88. The molecule has 0 spiro atoms. The van der Waals surface area contributed by atoms with E-state index < -0.39 is 17.5 Å². The average molecular weight is 468 g/mol. The molecular weight excluding hydrogens is 448 g/mol. The zero-order valence-corrected chi connectivity index (χ0v) is 18.3. The largest absolute Gasteiger partial charge is 0.352 e. The molecule has 2 heterocycles. The highest BCUT2D eigenvalue weighted by Gasteiger charge is 2.14. The summed E-state index contributed by atoms with van der Waals surface area (Å²) in [5.41, 5.74) is 1.36. The Bertz CT molecular complexity index is 1320. The van der Waals surface area contributed by atoms with E-state index in [9.17, 15) is 18.4 Å². The third-order valence-corrected chi connectivity index (χ3v) is 5.63. The van der Waals surface area contributed by atoms with Crippen LogP contribution in [0.15, 0.2) is 60.2 Å². The molecule has 7 nitrogen and oxygen atoms in total. The number of hydrogen-bond donors (Lipinski definition) is 2. The molecule has 0 atom stereocenters. The number of anilines is 1. The first-order valence-electron chi connectivity index (χ1n) is 9.96. The normalized spacial score (nSPS) is 10.8. The molecule has 2 N–H and O–H groups in total. The molecule has 4 rings (SSSR count). The molecule has 0 aliphatic rings. The number of hydrogen-bond acceptors (Lipinski definition) is 5. The minimum absolute atomic E-state index is 0.0130. The van der Waals surface area contributed by atoms with Crippen molar-refractivity contribution in [2.24, 2.45) is 0 Å². The standard InChI is InChI=1S/C23H19F2N5O2S/c1-14-26-8-9-30(14)20-7-6-15(10-19(20)25)12-27-21(31)11-16-13-33-23(28-16)29-22(32)17-4-2-3-5-18(17)24/h2-10,13H,11-12H2,1H3,(H,27,31)(H,28,29,32). The van der Waals surface area contributed by atoms with Crippen molar-refractivity contribution in [1.29, 1.82) is 0 Å². The topological polar surface area (TPSA) is 88.9 Å². The van der Waals surface area contributed by atoms with E-state index in [0.717, 1.165) is 11.3 Å². The van der Waals surface area contributed by atoms with Crippen molar-refractivity contribution in [2.45, 2.75) is 19.9 Å². The molecule has 0 aliphatic heterocycles. The molecule has 0 aliphatic carbocycles. The van der Waals surface area contributed by atoms with Crippen molar-refractivity contribution in [3.05, 3.63) is 94.5 Å². The lowest BCUT2D eigenvalue weighted by Crippen LogP contribution is -2.24. The summed E-state index contributed by atoms with van der Waals surface area (Å²) in [5.74, 6) is -1.30. The third kappa shape index (κ3) is 5.29. The predicted octanol–water partition coefficient (Wildman–Crippen LogP) is 4.03. The Hall–Kier alpha value is -3.92. The van der Waals surface area contributed by atoms with Crippen LogP contribution in [0.2, 0.25) is 0 Å². The molecule has 0 unspecified atom stereocenters. The van der Waals surface area contributed by atoms with Crippen LogP contribution in [0.5, 0.6) is 0 Å². The van der Waals surface area contributed by atoms with Gasteiger partial charge in [-0.2, -0.15) is 0 Å². The van der Waals surface area contributed by atoms with Gasteiger partial charge in [0.15, 0.2) is 5.13 Å². The minimum atomic E-state index is -0.629. The lowest BCUT2D eigenvalue weighted by molar-refractivity contribution is -0.120. The second kappa shape index (κ2) is 9.70. The van der Waals surface area contributed by atoms with Gasteiger partial charge < -0.3 is 9.88 Å². The predicted molar refractivity (Wildman–Crippen MR) is 120 cm³/mol. The first-order chi connectivity index (χ1) is 15.9. The lowest BCUT2D eigenvalue weighted by Gasteiger charge is -2.09. The summed E-state index contributed by atoms with van der Waals surface area (Å²) < 4.78 is 29.9. The Morgan fingerprint density at radius 1 is 1.12 bits per heavy atom.